The molecule has 0 bridgehead atoms. The first-order chi connectivity index (χ1) is 9.83. The van der Waals surface area contributed by atoms with E-state index in [1.807, 2.05) is 20.8 Å². The predicted octanol–water partition coefficient (Wildman–Crippen LogP) is 1.68. The second kappa shape index (κ2) is 6.22. The molecule has 21 heavy (non-hydrogen) atoms. The van der Waals surface area contributed by atoms with Crippen molar-refractivity contribution in [1.29, 1.82) is 0 Å². The topological polar surface area (TPSA) is 67.9 Å². The maximum atomic E-state index is 12.5. The molecular formula is C15H26N2O4. The van der Waals surface area contributed by atoms with Gasteiger partial charge in [0.05, 0.1) is 12.6 Å². The van der Waals surface area contributed by atoms with Crippen LogP contribution in [0.3, 0.4) is 0 Å². The first-order valence-electron chi connectivity index (χ1n) is 7.75. The Morgan fingerprint density at radius 3 is 2.67 bits per heavy atom. The van der Waals surface area contributed by atoms with Gasteiger partial charge < -0.3 is 14.8 Å². The van der Waals surface area contributed by atoms with Crippen molar-refractivity contribution < 1.29 is 19.1 Å². The minimum atomic E-state index is -0.573. The third-order valence-corrected chi connectivity index (χ3v) is 3.88. The zero-order valence-electron chi connectivity index (χ0n) is 13.3. The summed E-state index contributed by atoms with van der Waals surface area (Å²) in [5.41, 5.74) is -0.573. The van der Waals surface area contributed by atoms with Gasteiger partial charge >= 0.3 is 12.1 Å². The van der Waals surface area contributed by atoms with Gasteiger partial charge in [0.2, 0.25) is 0 Å². The van der Waals surface area contributed by atoms with Crippen LogP contribution >= 0.6 is 0 Å². The third-order valence-electron chi connectivity index (χ3n) is 3.88. The van der Waals surface area contributed by atoms with Crippen LogP contribution in [0.4, 0.5) is 4.79 Å². The van der Waals surface area contributed by atoms with Gasteiger partial charge in [0, 0.05) is 6.04 Å². The number of nitrogens with zero attached hydrogens (tertiary/aromatic N) is 1. The number of nitrogens with one attached hydrogen (secondary N) is 1. The lowest BCUT2D eigenvalue weighted by molar-refractivity contribution is -0.148. The van der Waals surface area contributed by atoms with Crippen molar-refractivity contribution in [3.05, 3.63) is 0 Å². The fourth-order valence-corrected chi connectivity index (χ4v) is 3.12. The van der Waals surface area contributed by atoms with Crippen LogP contribution in [0.15, 0.2) is 0 Å². The standard InChI is InChI=1S/C15H26N2O4/c1-5-20-13(18)12-9-10-11(7-6-8-16-10)17(12)14(19)21-15(2,3)4/h10-12,16H,5-9H2,1-4H3. The SMILES string of the molecule is CCOC(=O)C1CC2NCCCC2N1C(=O)OC(C)(C)C. The molecule has 3 unspecified atom stereocenters. The second-order valence-electron chi connectivity index (χ2n) is 6.66. The van der Waals surface area contributed by atoms with Crippen molar-refractivity contribution in [2.75, 3.05) is 13.2 Å². The van der Waals surface area contributed by atoms with Gasteiger partial charge in [0.1, 0.15) is 11.6 Å². The maximum Gasteiger partial charge on any atom is 0.411 e. The third kappa shape index (κ3) is 3.67. The van der Waals surface area contributed by atoms with Crippen LogP contribution in [0.1, 0.15) is 47.0 Å². The smallest absolute Gasteiger partial charge is 0.411 e. The van der Waals surface area contributed by atoms with E-state index < -0.39 is 17.7 Å². The normalized spacial score (nSPS) is 29.0. The molecule has 6 nitrogen and oxygen atoms in total. The zero-order chi connectivity index (χ0) is 15.6. The van der Waals surface area contributed by atoms with Crippen LogP contribution in [0.5, 0.6) is 0 Å². The Hall–Kier alpha value is -1.30. The van der Waals surface area contributed by atoms with Gasteiger partial charge in [-0.15, -0.1) is 0 Å². The summed E-state index contributed by atoms with van der Waals surface area (Å²) in [6.45, 7) is 8.51. The molecule has 2 saturated heterocycles. The summed E-state index contributed by atoms with van der Waals surface area (Å²) in [5, 5.41) is 3.40. The summed E-state index contributed by atoms with van der Waals surface area (Å²) in [5.74, 6) is -0.334. The van der Waals surface area contributed by atoms with Crippen LogP contribution in [-0.2, 0) is 14.3 Å². The first-order valence-corrected chi connectivity index (χ1v) is 7.75. The highest BCUT2D eigenvalue weighted by molar-refractivity contribution is 5.83. The van der Waals surface area contributed by atoms with Gasteiger partial charge in [-0.05, 0) is 53.5 Å². The zero-order valence-corrected chi connectivity index (χ0v) is 13.3. The molecule has 0 radical (unpaired) electrons. The number of esters is 1. The van der Waals surface area contributed by atoms with Crippen molar-refractivity contribution in [1.82, 2.24) is 10.2 Å². The van der Waals surface area contributed by atoms with Crippen LogP contribution in [0.25, 0.3) is 0 Å². The molecule has 120 valence electrons. The molecule has 0 aliphatic carbocycles. The molecule has 0 spiro atoms. The lowest BCUT2D eigenvalue weighted by atomic mass is 9.99. The van der Waals surface area contributed by atoms with Gasteiger partial charge in [-0.25, -0.2) is 9.59 Å². The number of carbonyl (C=O) groups excluding carboxylic acids is 2. The number of hydrogen-bond donors (Lipinski definition) is 1. The predicted molar refractivity (Wildman–Crippen MR) is 77.9 cm³/mol. The highest BCUT2D eigenvalue weighted by atomic mass is 16.6. The summed E-state index contributed by atoms with van der Waals surface area (Å²) >= 11 is 0. The van der Waals surface area contributed by atoms with E-state index in [1.165, 1.54) is 0 Å². The Balaban J connectivity index is 2.18. The number of piperidine rings is 1. The molecule has 6 heteroatoms. The highest BCUT2D eigenvalue weighted by Gasteiger charge is 2.49. The molecule has 2 aliphatic rings. The van der Waals surface area contributed by atoms with Gasteiger partial charge in [0.25, 0.3) is 0 Å². The second-order valence-corrected chi connectivity index (χ2v) is 6.66. The quantitative estimate of drug-likeness (QED) is 0.786. The molecule has 1 N–H and O–H groups in total. The molecule has 1 amide bonds. The molecule has 0 aromatic carbocycles. The van der Waals surface area contributed by atoms with Gasteiger partial charge in [-0.1, -0.05) is 0 Å². The Bertz CT molecular complexity index is 405. The average molecular weight is 298 g/mol. The number of fused-ring (bicyclic) bond motifs is 1. The van der Waals surface area contributed by atoms with Crippen molar-refractivity contribution in [2.24, 2.45) is 0 Å². The summed E-state index contributed by atoms with van der Waals surface area (Å²) in [7, 11) is 0. The van der Waals surface area contributed by atoms with Crippen molar-refractivity contribution >= 4 is 12.1 Å². The molecule has 0 aromatic rings. The molecule has 0 aromatic heterocycles. The number of hydrogen-bond acceptors (Lipinski definition) is 5. The lowest BCUT2D eigenvalue weighted by Crippen LogP contribution is -2.52. The Morgan fingerprint density at radius 2 is 2.05 bits per heavy atom. The molecule has 2 aliphatic heterocycles. The Kier molecular flexibility index (Phi) is 4.76. The van der Waals surface area contributed by atoms with Gasteiger partial charge in [0.15, 0.2) is 0 Å². The van der Waals surface area contributed by atoms with Crippen molar-refractivity contribution in [3.8, 4) is 0 Å². The van der Waals surface area contributed by atoms with E-state index in [2.05, 4.69) is 5.32 Å². The Labute approximate surface area is 126 Å². The van der Waals surface area contributed by atoms with Crippen molar-refractivity contribution in [3.63, 3.8) is 0 Å². The fourth-order valence-electron chi connectivity index (χ4n) is 3.12. The van der Waals surface area contributed by atoms with Crippen LogP contribution in [0.2, 0.25) is 0 Å². The first kappa shape index (κ1) is 16.1. The van der Waals surface area contributed by atoms with Gasteiger partial charge in [-0.2, -0.15) is 0 Å². The number of likely N-dealkylation sites (tertiary alicyclic amines) is 1. The van der Waals surface area contributed by atoms with E-state index in [4.69, 9.17) is 9.47 Å². The van der Waals surface area contributed by atoms with E-state index in [-0.39, 0.29) is 18.1 Å². The molecular weight excluding hydrogens is 272 g/mol. The van der Waals surface area contributed by atoms with E-state index in [1.54, 1.807) is 11.8 Å². The average Bonchev–Trinajstić information content (AvgIpc) is 2.76. The van der Waals surface area contributed by atoms with Crippen LogP contribution in [-0.4, -0.2) is 53.8 Å². The maximum absolute atomic E-state index is 12.5. The van der Waals surface area contributed by atoms with Crippen LogP contribution in [0, 0.1) is 0 Å². The summed E-state index contributed by atoms with van der Waals surface area (Å²) in [6.07, 6.45) is 2.07. The summed E-state index contributed by atoms with van der Waals surface area (Å²) in [4.78, 5) is 26.3. The summed E-state index contributed by atoms with van der Waals surface area (Å²) in [6, 6.07) is -0.371. The fraction of sp³-hybridized carbons (Fsp3) is 0.867. The van der Waals surface area contributed by atoms with Crippen molar-refractivity contribution in [2.45, 2.75) is 70.7 Å². The minimum Gasteiger partial charge on any atom is -0.464 e. The largest absolute Gasteiger partial charge is 0.464 e. The number of rotatable bonds is 2. The van der Waals surface area contributed by atoms with Gasteiger partial charge in [-0.3, -0.25) is 4.90 Å². The van der Waals surface area contributed by atoms with E-state index >= 15 is 0 Å². The number of carbonyl (C=O) groups is 2. The summed E-state index contributed by atoms with van der Waals surface area (Å²) < 4.78 is 10.6. The monoisotopic (exact) mass is 298 g/mol. The highest BCUT2D eigenvalue weighted by Crippen LogP contribution is 2.32. The Morgan fingerprint density at radius 1 is 1.33 bits per heavy atom. The number of amides is 1. The minimum absolute atomic E-state index is 0.0167. The van der Waals surface area contributed by atoms with Crippen LogP contribution < -0.4 is 5.32 Å². The van der Waals surface area contributed by atoms with E-state index in [9.17, 15) is 9.59 Å². The van der Waals surface area contributed by atoms with E-state index in [0.29, 0.717) is 13.0 Å². The number of ether oxygens (including phenoxy) is 2. The molecule has 2 heterocycles. The molecule has 0 saturated carbocycles. The lowest BCUT2D eigenvalue weighted by Gasteiger charge is -2.34. The molecule has 2 fully saturated rings. The molecule has 2 rings (SSSR count). The van der Waals surface area contributed by atoms with E-state index in [0.717, 1.165) is 19.4 Å². The molecule has 3 atom stereocenters.